The highest BCUT2D eigenvalue weighted by molar-refractivity contribution is 7.15. The quantitative estimate of drug-likeness (QED) is 0.636. The Hall–Kier alpha value is -2.68. The van der Waals surface area contributed by atoms with Crippen molar-refractivity contribution >= 4 is 16.5 Å². The summed E-state index contributed by atoms with van der Waals surface area (Å²) in [5, 5.41) is 2.99. The molecule has 0 aliphatic carbocycles. The number of thiazole rings is 1. The Kier molecular flexibility index (Phi) is 4.84. The van der Waals surface area contributed by atoms with E-state index in [1.807, 2.05) is 0 Å². The van der Waals surface area contributed by atoms with Crippen LogP contribution in [0.25, 0.3) is 0 Å². The van der Waals surface area contributed by atoms with Crippen LogP contribution in [0.5, 0.6) is 11.6 Å². The van der Waals surface area contributed by atoms with E-state index in [4.69, 9.17) is 4.74 Å². The van der Waals surface area contributed by atoms with Gasteiger partial charge in [0, 0.05) is 18.8 Å². The normalized spacial score (nSPS) is 11.4. The number of alkyl halides is 3. The molecule has 0 aliphatic heterocycles. The molecular formula is C16H11F4N3OS. The van der Waals surface area contributed by atoms with Gasteiger partial charge in [0.2, 0.25) is 5.88 Å². The van der Waals surface area contributed by atoms with E-state index in [0.717, 1.165) is 11.8 Å². The number of hydrogen-bond acceptors (Lipinski definition) is 5. The fourth-order valence-corrected chi connectivity index (χ4v) is 2.54. The number of nitrogens with zero attached hydrogens (tertiary/aromatic N) is 2. The van der Waals surface area contributed by atoms with Gasteiger partial charge in [-0.1, -0.05) is 17.4 Å². The lowest BCUT2D eigenvalue weighted by molar-refractivity contribution is -0.134. The van der Waals surface area contributed by atoms with E-state index in [1.165, 1.54) is 30.5 Å². The molecule has 0 fully saturated rings. The van der Waals surface area contributed by atoms with Crippen molar-refractivity contribution in [2.45, 2.75) is 12.7 Å². The lowest BCUT2D eigenvalue weighted by atomic mass is 10.3. The molecule has 1 N–H and O–H groups in total. The molecule has 3 aromatic rings. The third-order valence-corrected chi connectivity index (χ3v) is 4.06. The number of rotatable bonds is 5. The smallest absolute Gasteiger partial charge is 0.427 e. The SMILES string of the molecule is Fc1ccc(Oc2ccc(CNc3ncc(C(F)(F)F)s3)cn2)cc1. The number of benzene rings is 1. The molecule has 0 amide bonds. The topological polar surface area (TPSA) is 47.0 Å². The van der Waals surface area contributed by atoms with E-state index in [2.05, 4.69) is 15.3 Å². The van der Waals surface area contributed by atoms with E-state index in [0.29, 0.717) is 23.0 Å². The van der Waals surface area contributed by atoms with Crippen molar-refractivity contribution in [1.82, 2.24) is 9.97 Å². The summed E-state index contributed by atoms with van der Waals surface area (Å²) in [7, 11) is 0. The van der Waals surface area contributed by atoms with Crippen molar-refractivity contribution in [2.75, 3.05) is 5.32 Å². The minimum absolute atomic E-state index is 0.180. The molecule has 0 radical (unpaired) electrons. The Bertz CT molecular complexity index is 832. The fourth-order valence-electron chi connectivity index (χ4n) is 1.86. The predicted octanol–water partition coefficient (Wildman–Crippen LogP) is 5.10. The average molecular weight is 369 g/mol. The summed E-state index contributed by atoms with van der Waals surface area (Å²) in [4.78, 5) is 7.04. The zero-order valence-corrected chi connectivity index (χ0v) is 13.4. The zero-order chi connectivity index (χ0) is 17.9. The van der Waals surface area contributed by atoms with Crippen LogP contribution in [0.15, 0.2) is 48.8 Å². The van der Waals surface area contributed by atoms with Crippen LogP contribution >= 0.6 is 11.3 Å². The Morgan fingerprint density at radius 3 is 2.36 bits per heavy atom. The van der Waals surface area contributed by atoms with Crippen LogP contribution in [0, 0.1) is 5.82 Å². The van der Waals surface area contributed by atoms with Gasteiger partial charge >= 0.3 is 6.18 Å². The summed E-state index contributed by atoms with van der Waals surface area (Å²) in [5.74, 6) is 0.406. The highest BCUT2D eigenvalue weighted by Crippen LogP contribution is 2.35. The van der Waals surface area contributed by atoms with Crippen molar-refractivity contribution in [3.05, 3.63) is 65.0 Å². The number of aromatic nitrogens is 2. The minimum Gasteiger partial charge on any atom is -0.439 e. The highest BCUT2D eigenvalue weighted by Gasteiger charge is 2.33. The standard InChI is InChI=1S/C16H11F4N3OS/c17-11-2-4-12(5-3-11)24-14-6-1-10(7-21-14)8-22-15-23-9-13(25-15)16(18,19)20/h1-7,9H,8H2,(H,22,23). The van der Waals surface area contributed by atoms with Gasteiger partial charge in [0.05, 0.1) is 6.20 Å². The molecule has 0 saturated carbocycles. The number of nitrogens with one attached hydrogen (secondary N) is 1. The largest absolute Gasteiger partial charge is 0.439 e. The first-order valence-corrected chi connectivity index (χ1v) is 7.87. The predicted molar refractivity (Wildman–Crippen MR) is 85.2 cm³/mol. The van der Waals surface area contributed by atoms with Crippen molar-refractivity contribution in [2.24, 2.45) is 0 Å². The Balaban J connectivity index is 1.57. The number of halogens is 4. The maximum absolute atomic E-state index is 12.8. The molecular weight excluding hydrogens is 358 g/mol. The first-order chi connectivity index (χ1) is 11.9. The van der Waals surface area contributed by atoms with E-state index >= 15 is 0 Å². The van der Waals surface area contributed by atoms with Gasteiger partial charge in [-0.3, -0.25) is 0 Å². The molecule has 0 aliphatic rings. The van der Waals surface area contributed by atoms with Gasteiger partial charge in [-0.05, 0) is 29.8 Å². The van der Waals surface area contributed by atoms with Crippen molar-refractivity contribution < 1.29 is 22.3 Å². The number of hydrogen-bond donors (Lipinski definition) is 1. The highest BCUT2D eigenvalue weighted by atomic mass is 32.1. The van der Waals surface area contributed by atoms with Crippen LogP contribution in [-0.2, 0) is 12.7 Å². The first-order valence-electron chi connectivity index (χ1n) is 7.05. The molecule has 2 heterocycles. The molecule has 130 valence electrons. The van der Waals surface area contributed by atoms with Crippen LogP contribution in [0.4, 0.5) is 22.7 Å². The van der Waals surface area contributed by atoms with Gasteiger partial charge in [0.15, 0.2) is 5.13 Å². The molecule has 25 heavy (non-hydrogen) atoms. The molecule has 3 rings (SSSR count). The summed E-state index contributed by atoms with van der Waals surface area (Å²) in [5.41, 5.74) is 0.746. The van der Waals surface area contributed by atoms with E-state index in [9.17, 15) is 17.6 Å². The maximum Gasteiger partial charge on any atom is 0.427 e. The Morgan fingerprint density at radius 2 is 1.76 bits per heavy atom. The summed E-state index contributed by atoms with van der Waals surface area (Å²) in [6.07, 6.45) is -2.06. The third-order valence-electron chi connectivity index (χ3n) is 3.06. The van der Waals surface area contributed by atoms with Gasteiger partial charge in [0.25, 0.3) is 0 Å². The van der Waals surface area contributed by atoms with Crippen molar-refractivity contribution in [3.63, 3.8) is 0 Å². The van der Waals surface area contributed by atoms with Crippen LogP contribution < -0.4 is 10.1 Å². The maximum atomic E-state index is 12.8. The minimum atomic E-state index is -4.39. The first kappa shape index (κ1) is 17.2. The fraction of sp³-hybridized carbons (Fsp3) is 0.125. The summed E-state index contributed by atoms with van der Waals surface area (Å²) in [6, 6.07) is 8.84. The Labute approximate surface area is 144 Å². The average Bonchev–Trinajstić information content (AvgIpc) is 3.06. The second kappa shape index (κ2) is 7.06. The molecule has 0 atom stereocenters. The van der Waals surface area contributed by atoms with Gasteiger partial charge in [-0.15, -0.1) is 0 Å². The summed E-state index contributed by atoms with van der Waals surface area (Å²) < 4.78 is 55.8. The van der Waals surface area contributed by atoms with Crippen LogP contribution in [0.3, 0.4) is 0 Å². The van der Waals surface area contributed by atoms with Crippen LogP contribution in [-0.4, -0.2) is 9.97 Å². The molecule has 0 saturated heterocycles. The van der Waals surface area contributed by atoms with E-state index in [1.54, 1.807) is 12.1 Å². The molecule has 0 bridgehead atoms. The van der Waals surface area contributed by atoms with Gasteiger partial charge < -0.3 is 10.1 Å². The van der Waals surface area contributed by atoms with Crippen molar-refractivity contribution in [3.8, 4) is 11.6 Å². The number of pyridine rings is 1. The van der Waals surface area contributed by atoms with Gasteiger partial charge in [0.1, 0.15) is 16.4 Å². The van der Waals surface area contributed by atoms with Gasteiger partial charge in [-0.2, -0.15) is 13.2 Å². The zero-order valence-electron chi connectivity index (χ0n) is 12.5. The number of anilines is 1. The molecule has 0 unspecified atom stereocenters. The number of ether oxygens (including phenoxy) is 1. The van der Waals surface area contributed by atoms with E-state index in [-0.39, 0.29) is 17.5 Å². The Morgan fingerprint density at radius 1 is 1.00 bits per heavy atom. The monoisotopic (exact) mass is 369 g/mol. The lowest BCUT2D eigenvalue weighted by Crippen LogP contribution is -2.01. The van der Waals surface area contributed by atoms with Crippen molar-refractivity contribution in [1.29, 1.82) is 0 Å². The molecule has 2 aromatic heterocycles. The summed E-state index contributed by atoms with van der Waals surface area (Å²) >= 11 is 0.542. The second-order valence-corrected chi connectivity index (χ2v) is 5.97. The second-order valence-electron chi connectivity index (χ2n) is 4.94. The lowest BCUT2D eigenvalue weighted by Gasteiger charge is -2.06. The molecule has 4 nitrogen and oxygen atoms in total. The third kappa shape index (κ3) is 4.66. The van der Waals surface area contributed by atoms with Crippen LogP contribution in [0.1, 0.15) is 10.4 Å². The van der Waals surface area contributed by atoms with Gasteiger partial charge in [-0.25, -0.2) is 14.4 Å². The van der Waals surface area contributed by atoms with E-state index < -0.39 is 11.1 Å². The van der Waals surface area contributed by atoms with Crippen LogP contribution in [0.2, 0.25) is 0 Å². The molecule has 0 spiro atoms. The molecule has 9 heteroatoms. The molecule has 1 aromatic carbocycles. The summed E-state index contributed by atoms with van der Waals surface area (Å²) in [6.45, 7) is 0.272.